The van der Waals surface area contributed by atoms with Crippen molar-refractivity contribution in [3.63, 3.8) is 0 Å². The van der Waals surface area contributed by atoms with Crippen molar-refractivity contribution in [3.8, 4) is 5.75 Å². The van der Waals surface area contributed by atoms with E-state index in [9.17, 15) is 9.90 Å². The van der Waals surface area contributed by atoms with Crippen molar-refractivity contribution < 1.29 is 9.90 Å². The lowest BCUT2D eigenvalue weighted by molar-refractivity contribution is -0.105. The maximum atomic E-state index is 10.1. The van der Waals surface area contributed by atoms with Gasteiger partial charge in [0.15, 0.2) is 0 Å². The first kappa shape index (κ1) is 17.4. The minimum Gasteiger partial charge on any atom is -0.506 e. The van der Waals surface area contributed by atoms with Crippen LogP contribution in [0.3, 0.4) is 0 Å². The van der Waals surface area contributed by atoms with Crippen LogP contribution in [0.2, 0.25) is 0 Å². The van der Waals surface area contributed by atoms with Gasteiger partial charge < -0.3 is 15.7 Å². The molecule has 4 heteroatoms. The molecule has 4 nitrogen and oxygen atoms in total. The number of anilines is 1. The van der Waals surface area contributed by atoms with Crippen LogP contribution in [0, 0.1) is 0 Å². The van der Waals surface area contributed by atoms with Crippen LogP contribution < -0.4 is 10.6 Å². The predicted molar refractivity (Wildman–Crippen MR) is 80.6 cm³/mol. The van der Waals surface area contributed by atoms with E-state index < -0.39 is 0 Å². The van der Waals surface area contributed by atoms with Gasteiger partial charge in [0.25, 0.3) is 0 Å². The van der Waals surface area contributed by atoms with Gasteiger partial charge in [-0.3, -0.25) is 4.79 Å². The number of aryl methyl sites for hydroxylation is 1. The van der Waals surface area contributed by atoms with E-state index in [0.717, 1.165) is 12.0 Å². The molecule has 0 bridgehead atoms. The molecule has 0 spiro atoms. The zero-order chi connectivity index (χ0) is 14.8. The molecule has 0 aliphatic carbocycles. The molecule has 1 aromatic rings. The zero-order valence-corrected chi connectivity index (χ0v) is 12.5. The molecule has 19 heavy (non-hydrogen) atoms. The molecule has 1 aromatic carbocycles. The van der Waals surface area contributed by atoms with Crippen LogP contribution in [0.25, 0.3) is 0 Å². The van der Waals surface area contributed by atoms with Crippen LogP contribution in [0.15, 0.2) is 18.2 Å². The molecule has 108 valence electrons. The topological polar surface area (TPSA) is 61.4 Å². The number of hydrogen-bond donors (Lipinski definition) is 3. The maximum absolute atomic E-state index is 10.1. The first-order valence-corrected chi connectivity index (χ1v) is 6.68. The monoisotopic (exact) mass is 266 g/mol. The summed E-state index contributed by atoms with van der Waals surface area (Å²) in [5.74, 6) is 0.0966. The average Bonchev–Trinajstić information content (AvgIpc) is 2.31. The summed E-state index contributed by atoms with van der Waals surface area (Å²) in [5, 5.41) is 15.0. The molecule has 1 rings (SSSR count). The second-order valence-electron chi connectivity index (χ2n) is 4.94. The number of phenols is 1. The molecule has 0 saturated carbocycles. The lowest BCUT2D eigenvalue weighted by Gasteiger charge is -2.10. The predicted octanol–water partition coefficient (Wildman–Crippen LogP) is 2.92. The van der Waals surface area contributed by atoms with Crippen LogP contribution in [0.1, 0.15) is 40.2 Å². The van der Waals surface area contributed by atoms with Crippen molar-refractivity contribution in [2.24, 2.45) is 0 Å². The molecule has 0 unspecified atom stereocenters. The molecule has 0 aromatic heterocycles. The number of nitrogens with one attached hydrogen (secondary N) is 2. The number of carbonyl (C=O) groups is 1. The van der Waals surface area contributed by atoms with Gasteiger partial charge in [0.2, 0.25) is 6.41 Å². The van der Waals surface area contributed by atoms with E-state index in [4.69, 9.17) is 0 Å². The Hall–Kier alpha value is -1.55. The zero-order valence-electron chi connectivity index (χ0n) is 12.5. The highest BCUT2D eigenvalue weighted by atomic mass is 16.3. The number of benzene rings is 1. The summed E-state index contributed by atoms with van der Waals surface area (Å²) in [6, 6.07) is 6.40. The Kier molecular flexibility index (Phi) is 8.62. The van der Waals surface area contributed by atoms with Gasteiger partial charge in [-0.15, -0.1) is 0 Å². The standard InChI is InChI=1S/C9H11NO2.C6H15N/c1-2-7-3-4-9(12)8(5-7)10-6-11;1-5(2)7-6(3)4/h3-6,12H,2H2,1H3,(H,10,11);5-7H,1-4H3. The normalized spacial score (nSPS) is 10.1. The Labute approximate surface area is 116 Å². The molecule has 0 radical (unpaired) electrons. The third kappa shape index (κ3) is 8.21. The van der Waals surface area contributed by atoms with E-state index in [0.29, 0.717) is 24.2 Å². The molecule has 0 saturated heterocycles. The summed E-state index contributed by atoms with van der Waals surface area (Å²) in [7, 11) is 0. The van der Waals surface area contributed by atoms with Crippen LogP contribution in [-0.4, -0.2) is 23.6 Å². The summed E-state index contributed by atoms with van der Waals surface area (Å²) in [4.78, 5) is 10.1. The van der Waals surface area contributed by atoms with E-state index in [2.05, 4.69) is 38.3 Å². The first-order chi connectivity index (χ1) is 8.90. The Bertz CT molecular complexity index is 370. The quantitative estimate of drug-likeness (QED) is 0.567. The second-order valence-corrected chi connectivity index (χ2v) is 4.94. The Morgan fingerprint density at radius 3 is 2.16 bits per heavy atom. The van der Waals surface area contributed by atoms with E-state index >= 15 is 0 Å². The molecule has 0 heterocycles. The minimum atomic E-state index is 0.0966. The van der Waals surface area contributed by atoms with Gasteiger partial charge in [-0.1, -0.05) is 40.7 Å². The van der Waals surface area contributed by atoms with Gasteiger partial charge >= 0.3 is 0 Å². The first-order valence-electron chi connectivity index (χ1n) is 6.68. The Morgan fingerprint density at radius 1 is 1.21 bits per heavy atom. The maximum Gasteiger partial charge on any atom is 0.211 e. The third-order valence-corrected chi connectivity index (χ3v) is 2.35. The van der Waals surface area contributed by atoms with Gasteiger partial charge in [0, 0.05) is 12.1 Å². The van der Waals surface area contributed by atoms with Crippen molar-refractivity contribution in [1.82, 2.24) is 5.32 Å². The Balaban J connectivity index is 0.000000399. The van der Waals surface area contributed by atoms with Gasteiger partial charge in [0.1, 0.15) is 5.75 Å². The number of rotatable bonds is 5. The number of amides is 1. The van der Waals surface area contributed by atoms with Gasteiger partial charge in [0.05, 0.1) is 5.69 Å². The summed E-state index contributed by atoms with van der Waals surface area (Å²) in [6.45, 7) is 10.6. The lowest BCUT2D eigenvalue weighted by Crippen LogP contribution is -2.29. The van der Waals surface area contributed by atoms with Crippen molar-refractivity contribution in [1.29, 1.82) is 0 Å². The molecule has 3 N–H and O–H groups in total. The van der Waals surface area contributed by atoms with Crippen LogP contribution in [0.5, 0.6) is 5.75 Å². The number of carbonyl (C=O) groups excluding carboxylic acids is 1. The van der Waals surface area contributed by atoms with Crippen molar-refractivity contribution >= 4 is 12.1 Å². The molecular formula is C15H26N2O2. The second kappa shape index (κ2) is 9.39. The Morgan fingerprint density at radius 2 is 1.79 bits per heavy atom. The fourth-order valence-corrected chi connectivity index (χ4v) is 1.65. The van der Waals surface area contributed by atoms with E-state index in [1.807, 2.05) is 13.0 Å². The largest absolute Gasteiger partial charge is 0.506 e. The highest BCUT2D eigenvalue weighted by molar-refractivity contribution is 5.75. The molecule has 0 atom stereocenters. The van der Waals surface area contributed by atoms with Gasteiger partial charge in [-0.05, 0) is 24.1 Å². The molecule has 0 aliphatic heterocycles. The van der Waals surface area contributed by atoms with Crippen molar-refractivity contribution in [2.45, 2.75) is 53.1 Å². The summed E-state index contributed by atoms with van der Waals surface area (Å²) >= 11 is 0. The van der Waals surface area contributed by atoms with Gasteiger partial charge in [-0.25, -0.2) is 0 Å². The summed E-state index contributed by atoms with van der Waals surface area (Å²) in [6.07, 6.45) is 1.43. The molecule has 0 fully saturated rings. The van der Waals surface area contributed by atoms with Crippen molar-refractivity contribution in [2.75, 3.05) is 5.32 Å². The lowest BCUT2D eigenvalue weighted by atomic mass is 10.1. The summed E-state index contributed by atoms with van der Waals surface area (Å²) < 4.78 is 0. The SMILES string of the molecule is CC(C)NC(C)C.CCc1ccc(O)c(NC=O)c1. The fourth-order valence-electron chi connectivity index (χ4n) is 1.65. The van der Waals surface area contributed by atoms with E-state index in [-0.39, 0.29) is 5.75 Å². The number of aromatic hydroxyl groups is 1. The van der Waals surface area contributed by atoms with E-state index in [1.54, 1.807) is 12.1 Å². The summed E-state index contributed by atoms with van der Waals surface area (Å²) in [5.41, 5.74) is 1.54. The highest BCUT2D eigenvalue weighted by Gasteiger charge is 1.99. The minimum absolute atomic E-state index is 0.0966. The van der Waals surface area contributed by atoms with Crippen LogP contribution in [-0.2, 0) is 11.2 Å². The van der Waals surface area contributed by atoms with E-state index in [1.165, 1.54) is 0 Å². The smallest absolute Gasteiger partial charge is 0.211 e. The molecular weight excluding hydrogens is 240 g/mol. The number of phenolic OH excluding ortho intramolecular Hbond substituents is 1. The number of hydrogen-bond acceptors (Lipinski definition) is 3. The van der Waals surface area contributed by atoms with Crippen LogP contribution >= 0.6 is 0 Å². The highest BCUT2D eigenvalue weighted by Crippen LogP contribution is 2.23. The van der Waals surface area contributed by atoms with Crippen LogP contribution in [0.4, 0.5) is 5.69 Å². The average molecular weight is 266 g/mol. The molecule has 1 amide bonds. The van der Waals surface area contributed by atoms with Crippen molar-refractivity contribution in [3.05, 3.63) is 23.8 Å². The third-order valence-electron chi connectivity index (χ3n) is 2.35. The molecule has 0 aliphatic rings. The fraction of sp³-hybridized carbons (Fsp3) is 0.533. The van der Waals surface area contributed by atoms with Gasteiger partial charge in [-0.2, -0.15) is 0 Å².